The van der Waals surface area contributed by atoms with E-state index in [4.69, 9.17) is 0 Å². The topological polar surface area (TPSA) is 53.2 Å². The van der Waals surface area contributed by atoms with Gasteiger partial charge in [-0.05, 0) is 24.9 Å². The average molecular weight is 247 g/mol. The van der Waals surface area contributed by atoms with Crippen molar-refractivity contribution in [1.29, 1.82) is 0 Å². The third-order valence-corrected chi connectivity index (χ3v) is 3.19. The molecular weight excluding hydrogens is 226 g/mol. The molecule has 18 heavy (non-hydrogen) atoms. The molecule has 0 aromatic heterocycles. The molecule has 3 N–H and O–H groups in total. The Morgan fingerprint density at radius 3 is 2.89 bits per heavy atom. The molecule has 0 radical (unpaired) electrons. The van der Waals surface area contributed by atoms with Gasteiger partial charge in [0.05, 0.1) is 6.54 Å². The second-order valence-electron chi connectivity index (χ2n) is 4.66. The van der Waals surface area contributed by atoms with Crippen molar-refractivity contribution < 1.29 is 4.79 Å². The summed E-state index contributed by atoms with van der Waals surface area (Å²) in [6, 6.07) is 10.6. The molecule has 1 fully saturated rings. The lowest BCUT2D eigenvalue weighted by atomic mass is 10.1. The Hall–Kier alpha value is -1.39. The Balaban J connectivity index is 1.57. The van der Waals surface area contributed by atoms with Crippen molar-refractivity contribution in [2.45, 2.75) is 18.9 Å². The van der Waals surface area contributed by atoms with Gasteiger partial charge in [0.1, 0.15) is 0 Å². The first-order valence-corrected chi connectivity index (χ1v) is 6.59. The summed E-state index contributed by atoms with van der Waals surface area (Å²) in [5.74, 6) is 0.0813. The second-order valence-corrected chi connectivity index (χ2v) is 4.66. The smallest absolute Gasteiger partial charge is 0.233 e. The van der Waals surface area contributed by atoms with Gasteiger partial charge >= 0.3 is 0 Å². The highest BCUT2D eigenvalue weighted by Gasteiger charge is 2.14. The van der Waals surface area contributed by atoms with Crippen molar-refractivity contribution in [2.75, 3.05) is 26.2 Å². The number of hydrogen-bond donors (Lipinski definition) is 3. The maximum Gasteiger partial charge on any atom is 0.233 e. The first-order valence-electron chi connectivity index (χ1n) is 6.59. The third-order valence-electron chi connectivity index (χ3n) is 3.19. The Bertz CT molecular complexity index is 361. The molecule has 0 aliphatic carbocycles. The van der Waals surface area contributed by atoms with E-state index in [-0.39, 0.29) is 5.91 Å². The highest BCUT2D eigenvalue weighted by Crippen LogP contribution is 1.98. The minimum atomic E-state index is 0.0813. The summed E-state index contributed by atoms with van der Waals surface area (Å²) in [7, 11) is 0. The standard InChI is InChI=1S/C14H21N3O/c18-14(11-17-13-7-8-15-10-13)16-9-6-12-4-2-1-3-5-12/h1-5,13,15,17H,6-11H2,(H,16,18). The van der Waals surface area contributed by atoms with Gasteiger partial charge in [-0.2, -0.15) is 0 Å². The van der Waals surface area contributed by atoms with Crippen LogP contribution in [0.4, 0.5) is 0 Å². The van der Waals surface area contributed by atoms with Crippen LogP contribution in [0, 0.1) is 0 Å². The maximum absolute atomic E-state index is 11.6. The summed E-state index contributed by atoms with van der Waals surface area (Å²) < 4.78 is 0. The first kappa shape index (κ1) is 13.1. The average Bonchev–Trinajstić information content (AvgIpc) is 2.91. The molecule has 1 aromatic rings. The van der Waals surface area contributed by atoms with Gasteiger partial charge in [-0.3, -0.25) is 4.79 Å². The maximum atomic E-state index is 11.6. The number of rotatable bonds is 6. The summed E-state index contributed by atoms with van der Waals surface area (Å²) in [5.41, 5.74) is 1.26. The van der Waals surface area contributed by atoms with Gasteiger partial charge in [-0.25, -0.2) is 0 Å². The number of nitrogens with one attached hydrogen (secondary N) is 3. The lowest BCUT2D eigenvalue weighted by Gasteiger charge is -2.11. The van der Waals surface area contributed by atoms with E-state index in [1.807, 2.05) is 18.2 Å². The molecule has 4 nitrogen and oxygen atoms in total. The zero-order valence-corrected chi connectivity index (χ0v) is 10.6. The van der Waals surface area contributed by atoms with Crippen LogP contribution >= 0.6 is 0 Å². The summed E-state index contributed by atoms with van der Waals surface area (Å²) in [6.45, 7) is 3.14. The summed E-state index contributed by atoms with van der Waals surface area (Å²) >= 11 is 0. The fourth-order valence-electron chi connectivity index (χ4n) is 2.12. The Morgan fingerprint density at radius 2 is 2.17 bits per heavy atom. The zero-order chi connectivity index (χ0) is 12.6. The van der Waals surface area contributed by atoms with E-state index < -0.39 is 0 Å². The van der Waals surface area contributed by atoms with Crippen LogP contribution in [0.15, 0.2) is 30.3 Å². The van der Waals surface area contributed by atoms with Gasteiger partial charge in [0.2, 0.25) is 5.91 Å². The van der Waals surface area contributed by atoms with E-state index in [1.165, 1.54) is 5.56 Å². The SMILES string of the molecule is O=C(CNC1CCNC1)NCCc1ccccc1. The van der Waals surface area contributed by atoms with Crippen molar-refractivity contribution in [1.82, 2.24) is 16.0 Å². The van der Waals surface area contributed by atoms with Crippen LogP contribution < -0.4 is 16.0 Å². The number of carbonyl (C=O) groups is 1. The van der Waals surface area contributed by atoms with E-state index in [1.54, 1.807) is 0 Å². The molecule has 0 spiro atoms. The number of carbonyl (C=O) groups excluding carboxylic acids is 1. The lowest BCUT2D eigenvalue weighted by Crippen LogP contribution is -2.40. The van der Waals surface area contributed by atoms with E-state index in [2.05, 4.69) is 28.1 Å². The molecule has 0 saturated carbocycles. The van der Waals surface area contributed by atoms with Crippen LogP contribution in [0.3, 0.4) is 0 Å². The van der Waals surface area contributed by atoms with Crippen LogP contribution in [0.1, 0.15) is 12.0 Å². The predicted molar refractivity (Wildman–Crippen MR) is 72.4 cm³/mol. The minimum absolute atomic E-state index is 0.0813. The molecular formula is C14H21N3O. The molecule has 1 atom stereocenters. The monoisotopic (exact) mass is 247 g/mol. The number of amides is 1. The fourth-order valence-corrected chi connectivity index (χ4v) is 2.12. The zero-order valence-electron chi connectivity index (χ0n) is 10.6. The van der Waals surface area contributed by atoms with E-state index in [9.17, 15) is 4.79 Å². The van der Waals surface area contributed by atoms with Crippen molar-refractivity contribution in [3.63, 3.8) is 0 Å². The minimum Gasteiger partial charge on any atom is -0.355 e. The Labute approximate surface area is 108 Å². The van der Waals surface area contributed by atoms with Gasteiger partial charge in [-0.1, -0.05) is 30.3 Å². The van der Waals surface area contributed by atoms with Gasteiger partial charge in [0.25, 0.3) is 0 Å². The summed E-state index contributed by atoms with van der Waals surface area (Å²) in [4.78, 5) is 11.6. The third kappa shape index (κ3) is 4.47. The predicted octanol–water partition coefficient (Wildman–Crippen LogP) is 0.297. The van der Waals surface area contributed by atoms with Crippen molar-refractivity contribution in [3.8, 4) is 0 Å². The highest BCUT2D eigenvalue weighted by molar-refractivity contribution is 5.78. The lowest BCUT2D eigenvalue weighted by molar-refractivity contribution is -0.120. The summed E-state index contributed by atoms with van der Waals surface area (Å²) in [6.07, 6.45) is 1.99. The summed E-state index contributed by atoms with van der Waals surface area (Å²) in [5, 5.41) is 9.46. The van der Waals surface area contributed by atoms with Crippen molar-refractivity contribution in [2.24, 2.45) is 0 Å². The molecule has 98 valence electrons. The molecule has 1 heterocycles. The van der Waals surface area contributed by atoms with E-state index in [0.29, 0.717) is 19.1 Å². The molecule has 1 aromatic carbocycles. The van der Waals surface area contributed by atoms with Gasteiger partial charge in [0, 0.05) is 19.1 Å². The van der Waals surface area contributed by atoms with Crippen LogP contribution in [0.5, 0.6) is 0 Å². The molecule has 4 heteroatoms. The van der Waals surface area contributed by atoms with Crippen molar-refractivity contribution >= 4 is 5.91 Å². The number of benzene rings is 1. The quantitative estimate of drug-likeness (QED) is 0.677. The molecule has 2 rings (SSSR count). The van der Waals surface area contributed by atoms with Crippen LogP contribution in [0.25, 0.3) is 0 Å². The van der Waals surface area contributed by atoms with Crippen LogP contribution in [-0.4, -0.2) is 38.1 Å². The second kappa shape index (κ2) is 7.13. The molecule has 1 unspecified atom stereocenters. The van der Waals surface area contributed by atoms with Crippen LogP contribution in [0.2, 0.25) is 0 Å². The molecule has 1 saturated heterocycles. The normalized spacial score (nSPS) is 18.8. The van der Waals surface area contributed by atoms with Crippen LogP contribution in [-0.2, 0) is 11.2 Å². The first-order chi connectivity index (χ1) is 8.84. The highest BCUT2D eigenvalue weighted by atomic mass is 16.1. The van der Waals surface area contributed by atoms with E-state index >= 15 is 0 Å². The molecule has 1 amide bonds. The van der Waals surface area contributed by atoms with Crippen molar-refractivity contribution in [3.05, 3.63) is 35.9 Å². The van der Waals surface area contributed by atoms with Gasteiger partial charge in [-0.15, -0.1) is 0 Å². The largest absolute Gasteiger partial charge is 0.355 e. The van der Waals surface area contributed by atoms with Gasteiger partial charge in [0.15, 0.2) is 0 Å². The Kier molecular flexibility index (Phi) is 5.17. The molecule has 0 bridgehead atoms. The number of hydrogen-bond acceptors (Lipinski definition) is 3. The van der Waals surface area contributed by atoms with Gasteiger partial charge < -0.3 is 16.0 Å². The molecule has 1 aliphatic rings. The Morgan fingerprint density at radius 1 is 1.33 bits per heavy atom. The fraction of sp³-hybridized carbons (Fsp3) is 0.500. The van der Waals surface area contributed by atoms with E-state index in [0.717, 1.165) is 25.9 Å². The molecule has 1 aliphatic heterocycles.